The van der Waals surface area contributed by atoms with E-state index in [4.69, 9.17) is 35.5 Å². The van der Waals surface area contributed by atoms with Crippen LogP contribution in [0.3, 0.4) is 0 Å². The van der Waals surface area contributed by atoms with Crippen LogP contribution < -0.4 is 11.1 Å². The maximum Gasteiger partial charge on any atom is 0.466 e. The van der Waals surface area contributed by atoms with Gasteiger partial charge in [0.25, 0.3) is 0 Å². The maximum absolute atomic E-state index is 8.88. The van der Waals surface area contributed by atoms with Gasteiger partial charge in [-0.15, -0.1) is 0 Å². The van der Waals surface area contributed by atoms with Gasteiger partial charge >= 0.3 is 7.82 Å². The molecule has 0 aliphatic heterocycles. The predicted molar refractivity (Wildman–Crippen MR) is 45.9 cm³/mol. The second-order valence-electron chi connectivity index (χ2n) is 1.93. The molecule has 0 heterocycles. The number of rotatable bonds is 3. The number of aliphatic hydroxyl groups excluding tert-OH is 1. The highest BCUT2D eigenvalue weighted by Crippen LogP contribution is 2.25. The monoisotopic (exact) mass is 215 g/mol. The summed E-state index contributed by atoms with van der Waals surface area (Å²) in [5.74, 6) is -0.0431. The van der Waals surface area contributed by atoms with Crippen LogP contribution in [0.2, 0.25) is 0 Å². The lowest BCUT2D eigenvalue weighted by Gasteiger charge is -1.98. The molecule has 0 aliphatic carbocycles. The Bertz CT molecular complexity index is 172. The van der Waals surface area contributed by atoms with Crippen molar-refractivity contribution in [2.75, 3.05) is 13.2 Å². The Morgan fingerprint density at radius 3 is 2.08 bits per heavy atom. The molecular weight excluding hydrogens is 201 g/mol. The summed E-state index contributed by atoms with van der Waals surface area (Å²) >= 11 is 0. The Morgan fingerprint density at radius 1 is 1.46 bits per heavy atom. The van der Waals surface area contributed by atoms with Crippen LogP contribution in [-0.4, -0.2) is 38.9 Å². The smallest absolute Gasteiger partial charge is 0.396 e. The zero-order valence-corrected chi connectivity index (χ0v) is 7.74. The lowest BCUT2D eigenvalue weighted by molar-refractivity contribution is 0.275. The minimum Gasteiger partial charge on any atom is -0.396 e. The fraction of sp³-hybridized carbons (Fsp3) is 0.750. The van der Waals surface area contributed by atoms with Gasteiger partial charge in [-0.2, -0.15) is 0 Å². The van der Waals surface area contributed by atoms with E-state index in [1.54, 1.807) is 0 Å². The number of hydrogen-bond acceptors (Lipinski definition) is 3. The van der Waals surface area contributed by atoms with Gasteiger partial charge in [0.1, 0.15) is 0 Å². The SMILES string of the molecule is N=C(N)NCCCO.O=P(O)(O)O. The fourth-order valence-corrected chi connectivity index (χ4v) is 0.302. The van der Waals surface area contributed by atoms with Crippen molar-refractivity contribution in [3.05, 3.63) is 0 Å². The second-order valence-corrected chi connectivity index (χ2v) is 2.96. The standard InChI is InChI=1S/C4H11N3O.H3O4P/c5-4(6)7-2-1-3-8;1-5(2,3)4/h8H,1-3H2,(H4,5,6,7);(H3,1,2,3,4). The Hall–Kier alpha value is -0.660. The Kier molecular flexibility index (Phi) is 9.09. The molecule has 0 saturated heterocycles. The number of aliphatic hydroxyl groups is 1. The molecule has 13 heavy (non-hydrogen) atoms. The van der Waals surface area contributed by atoms with Crippen LogP contribution in [0.15, 0.2) is 0 Å². The lowest BCUT2D eigenvalue weighted by atomic mass is 10.4. The van der Waals surface area contributed by atoms with E-state index in [0.29, 0.717) is 13.0 Å². The lowest BCUT2D eigenvalue weighted by Crippen LogP contribution is -2.31. The van der Waals surface area contributed by atoms with E-state index >= 15 is 0 Å². The Balaban J connectivity index is 0. The average molecular weight is 215 g/mol. The maximum atomic E-state index is 8.88. The molecular formula is C4H14N3O5P. The van der Waals surface area contributed by atoms with Crippen molar-refractivity contribution in [2.24, 2.45) is 5.73 Å². The van der Waals surface area contributed by atoms with Gasteiger partial charge in [0.15, 0.2) is 5.96 Å². The highest BCUT2D eigenvalue weighted by molar-refractivity contribution is 7.45. The van der Waals surface area contributed by atoms with E-state index in [-0.39, 0.29) is 12.6 Å². The second kappa shape index (κ2) is 7.96. The van der Waals surface area contributed by atoms with E-state index in [1.807, 2.05) is 0 Å². The Labute approximate surface area is 75.1 Å². The molecule has 0 spiro atoms. The summed E-state index contributed by atoms with van der Waals surface area (Å²) in [4.78, 5) is 21.6. The van der Waals surface area contributed by atoms with Gasteiger partial charge in [0, 0.05) is 13.2 Å². The first kappa shape index (κ1) is 14.8. The molecule has 80 valence electrons. The summed E-state index contributed by atoms with van der Waals surface area (Å²) in [6.45, 7) is 0.714. The van der Waals surface area contributed by atoms with Crippen molar-refractivity contribution in [3.63, 3.8) is 0 Å². The average Bonchev–Trinajstić information content (AvgIpc) is 1.83. The van der Waals surface area contributed by atoms with Crippen molar-refractivity contribution >= 4 is 13.8 Å². The van der Waals surface area contributed by atoms with Crippen LogP contribution in [0.4, 0.5) is 0 Å². The molecule has 8 N–H and O–H groups in total. The first-order chi connectivity index (χ1) is 5.77. The summed E-state index contributed by atoms with van der Waals surface area (Å²) in [5, 5.41) is 17.4. The minimum atomic E-state index is -4.64. The number of hydrogen-bond donors (Lipinski definition) is 7. The molecule has 0 bridgehead atoms. The predicted octanol–water partition coefficient (Wildman–Crippen LogP) is -2.08. The Morgan fingerprint density at radius 2 is 1.85 bits per heavy atom. The topological polar surface area (TPSA) is 160 Å². The molecule has 9 heteroatoms. The molecule has 0 unspecified atom stereocenters. The van der Waals surface area contributed by atoms with Gasteiger partial charge in [-0.25, -0.2) is 4.57 Å². The number of nitrogens with two attached hydrogens (primary N) is 1. The summed E-state index contributed by atoms with van der Waals surface area (Å²) in [6.07, 6.45) is 0.638. The highest BCUT2D eigenvalue weighted by Gasteiger charge is 2.00. The van der Waals surface area contributed by atoms with Gasteiger partial charge in [0.2, 0.25) is 0 Å². The quantitative estimate of drug-likeness (QED) is 0.123. The third-order valence-electron chi connectivity index (χ3n) is 0.650. The van der Waals surface area contributed by atoms with E-state index < -0.39 is 7.82 Å². The zero-order chi connectivity index (χ0) is 10.9. The van der Waals surface area contributed by atoms with E-state index in [2.05, 4.69) is 5.32 Å². The molecule has 0 atom stereocenters. The third-order valence-corrected chi connectivity index (χ3v) is 0.650. The number of nitrogens with one attached hydrogen (secondary N) is 2. The van der Waals surface area contributed by atoms with Crippen LogP contribution >= 0.6 is 7.82 Å². The fourth-order valence-electron chi connectivity index (χ4n) is 0.302. The van der Waals surface area contributed by atoms with Gasteiger partial charge in [-0.05, 0) is 6.42 Å². The molecule has 0 aromatic rings. The molecule has 0 rings (SSSR count). The molecule has 0 aliphatic rings. The van der Waals surface area contributed by atoms with Crippen molar-refractivity contribution in [3.8, 4) is 0 Å². The minimum absolute atomic E-state index is 0.0431. The molecule has 0 aromatic heterocycles. The van der Waals surface area contributed by atoms with Gasteiger partial charge in [-0.1, -0.05) is 0 Å². The van der Waals surface area contributed by atoms with Crippen molar-refractivity contribution in [1.82, 2.24) is 5.32 Å². The molecule has 0 amide bonds. The van der Waals surface area contributed by atoms with Gasteiger partial charge in [0.05, 0.1) is 0 Å². The van der Waals surface area contributed by atoms with Crippen molar-refractivity contribution in [2.45, 2.75) is 6.42 Å². The van der Waals surface area contributed by atoms with Crippen LogP contribution in [0.1, 0.15) is 6.42 Å². The molecule has 0 radical (unpaired) electrons. The van der Waals surface area contributed by atoms with Gasteiger partial charge < -0.3 is 30.8 Å². The number of phosphoric acid groups is 1. The molecule has 8 nitrogen and oxygen atoms in total. The molecule has 0 aromatic carbocycles. The van der Waals surface area contributed by atoms with Crippen LogP contribution in [0.5, 0.6) is 0 Å². The van der Waals surface area contributed by atoms with Crippen molar-refractivity contribution in [1.29, 1.82) is 5.41 Å². The molecule has 0 fully saturated rings. The summed E-state index contributed by atoms with van der Waals surface area (Å²) in [6, 6.07) is 0. The molecule has 0 saturated carbocycles. The first-order valence-corrected chi connectivity index (χ1v) is 4.81. The third kappa shape index (κ3) is 52.5. The van der Waals surface area contributed by atoms with Gasteiger partial charge in [-0.3, -0.25) is 5.41 Å². The summed E-state index contributed by atoms with van der Waals surface area (Å²) in [7, 11) is -4.64. The summed E-state index contributed by atoms with van der Waals surface area (Å²) < 4.78 is 8.88. The van der Waals surface area contributed by atoms with Crippen molar-refractivity contribution < 1.29 is 24.4 Å². The highest BCUT2D eigenvalue weighted by atomic mass is 31.2. The normalized spacial score (nSPS) is 9.85. The van der Waals surface area contributed by atoms with Crippen LogP contribution in [-0.2, 0) is 4.57 Å². The largest absolute Gasteiger partial charge is 0.466 e. The van der Waals surface area contributed by atoms with Crippen LogP contribution in [0, 0.1) is 5.41 Å². The van der Waals surface area contributed by atoms with E-state index in [1.165, 1.54) is 0 Å². The number of guanidine groups is 1. The van der Waals surface area contributed by atoms with E-state index in [9.17, 15) is 0 Å². The zero-order valence-electron chi connectivity index (χ0n) is 6.84. The van der Waals surface area contributed by atoms with Crippen LogP contribution in [0.25, 0.3) is 0 Å². The first-order valence-electron chi connectivity index (χ1n) is 3.24. The summed E-state index contributed by atoms with van der Waals surface area (Å²) in [5.41, 5.74) is 4.92. The van der Waals surface area contributed by atoms with E-state index in [0.717, 1.165) is 0 Å².